The molecule has 0 aromatic heterocycles. The zero-order chi connectivity index (χ0) is 17.1. The number of ether oxygens (including phenoxy) is 1. The minimum absolute atomic E-state index is 0.0349. The van der Waals surface area contributed by atoms with Crippen molar-refractivity contribution in [2.24, 2.45) is 0 Å². The molecule has 0 bridgehead atoms. The number of rotatable bonds is 4. The maximum absolute atomic E-state index is 12.4. The Morgan fingerprint density at radius 2 is 1.68 bits per heavy atom. The topological polar surface area (TPSA) is 44.8 Å². The van der Waals surface area contributed by atoms with Crippen molar-refractivity contribution in [2.75, 3.05) is 31.5 Å². The number of hydrogen-bond donors (Lipinski definition) is 1. The molecular formula is C20H23N3O2. The lowest BCUT2D eigenvalue weighted by atomic mass is 10.1. The van der Waals surface area contributed by atoms with E-state index in [1.807, 2.05) is 59.5 Å². The minimum atomic E-state index is -0.0349. The second-order valence-corrected chi connectivity index (χ2v) is 6.67. The number of nitrogens with one attached hydrogen (secondary N) is 1. The SMILES string of the molecule is O=C(Nc1cccc(Oc2ccccc2)c1)N1CC(N2CCCC2)C1. The Hall–Kier alpha value is -2.53. The van der Waals surface area contributed by atoms with Crippen LogP contribution in [0, 0.1) is 0 Å². The number of carbonyl (C=O) groups is 1. The van der Waals surface area contributed by atoms with Crippen LogP contribution in [-0.4, -0.2) is 48.1 Å². The van der Waals surface area contributed by atoms with Crippen molar-refractivity contribution in [3.8, 4) is 11.5 Å². The first-order valence-corrected chi connectivity index (χ1v) is 8.91. The van der Waals surface area contributed by atoms with Crippen LogP contribution in [0.1, 0.15) is 12.8 Å². The van der Waals surface area contributed by atoms with Gasteiger partial charge in [0.05, 0.1) is 0 Å². The second-order valence-electron chi connectivity index (χ2n) is 6.67. The molecule has 2 aliphatic rings. The summed E-state index contributed by atoms with van der Waals surface area (Å²) < 4.78 is 5.81. The van der Waals surface area contributed by atoms with Crippen LogP contribution in [0.25, 0.3) is 0 Å². The van der Waals surface area contributed by atoms with Crippen molar-refractivity contribution in [1.29, 1.82) is 0 Å². The number of benzene rings is 2. The van der Waals surface area contributed by atoms with Crippen molar-refractivity contribution >= 4 is 11.7 Å². The number of hydrogen-bond acceptors (Lipinski definition) is 3. The molecular weight excluding hydrogens is 314 g/mol. The van der Waals surface area contributed by atoms with Crippen LogP contribution in [0.3, 0.4) is 0 Å². The lowest BCUT2D eigenvalue weighted by Crippen LogP contribution is -2.61. The van der Waals surface area contributed by atoms with Gasteiger partial charge in [-0.25, -0.2) is 4.79 Å². The number of anilines is 1. The number of nitrogens with zero attached hydrogens (tertiary/aromatic N) is 2. The average molecular weight is 337 g/mol. The lowest BCUT2D eigenvalue weighted by Gasteiger charge is -2.43. The molecule has 2 saturated heterocycles. The number of carbonyl (C=O) groups excluding carboxylic acids is 1. The fourth-order valence-corrected chi connectivity index (χ4v) is 3.42. The highest BCUT2D eigenvalue weighted by atomic mass is 16.5. The maximum Gasteiger partial charge on any atom is 0.321 e. The molecule has 0 spiro atoms. The molecule has 5 nitrogen and oxygen atoms in total. The Morgan fingerprint density at radius 3 is 2.44 bits per heavy atom. The van der Waals surface area contributed by atoms with Crippen LogP contribution in [0.5, 0.6) is 11.5 Å². The summed E-state index contributed by atoms with van der Waals surface area (Å²) in [5, 5.41) is 2.97. The van der Waals surface area contributed by atoms with Gasteiger partial charge in [-0.05, 0) is 50.2 Å². The minimum Gasteiger partial charge on any atom is -0.457 e. The van der Waals surface area contributed by atoms with Crippen LogP contribution in [0.2, 0.25) is 0 Å². The Labute approximate surface area is 148 Å². The normalized spacial score (nSPS) is 18.0. The third-order valence-electron chi connectivity index (χ3n) is 4.87. The Morgan fingerprint density at radius 1 is 0.960 bits per heavy atom. The van der Waals surface area contributed by atoms with Gasteiger partial charge >= 0.3 is 6.03 Å². The monoisotopic (exact) mass is 337 g/mol. The zero-order valence-electron chi connectivity index (χ0n) is 14.2. The van der Waals surface area contributed by atoms with E-state index < -0.39 is 0 Å². The largest absolute Gasteiger partial charge is 0.457 e. The first kappa shape index (κ1) is 16.0. The molecule has 2 aromatic carbocycles. The lowest BCUT2D eigenvalue weighted by molar-refractivity contribution is 0.0776. The van der Waals surface area contributed by atoms with Crippen LogP contribution in [-0.2, 0) is 0 Å². The van der Waals surface area contributed by atoms with Crippen molar-refractivity contribution in [2.45, 2.75) is 18.9 Å². The quantitative estimate of drug-likeness (QED) is 0.923. The summed E-state index contributed by atoms with van der Waals surface area (Å²) in [5.41, 5.74) is 0.753. The van der Waals surface area contributed by atoms with E-state index in [1.165, 1.54) is 25.9 Å². The first-order chi connectivity index (χ1) is 12.3. The van der Waals surface area contributed by atoms with Gasteiger partial charge in [-0.15, -0.1) is 0 Å². The summed E-state index contributed by atoms with van der Waals surface area (Å²) >= 11 is 0. The molecule has 0 radical (unpaired) electrons. The van der Waals surface area contributed by atoms with E-state index in [2.05, 4.69) is 10.2 Å². The number of urea groups is 1. The molecule has 0 unspecified atom stereocenters. The third kappa shape index (κ3) is 3.77. The highest BCUT2D eigenvalue weighted by Crippen LogP contribution is 2.25. The molecule has 2 aliphatic heterocycles. The molecule has 0 aliphatic carbocycles. The van der Waals surface area contributed by atoms with Gasteiger partial charge in [0.1, 0.15) is 11.5 Å². The van der Waals surface area contributed by atoms with Gasteiger partial charge in [-0.3, -0.25) is 4.90 Å². The summed E-state index contributed by atoms with van der Waals surface area (Å²) in [6.07, 6.45) is 2.58. The standard InChI is InChI=1S/C20H23N3O2/c24-20(23-14-17(15-23)22-11-4-5-12-22)21-16-7-6-10-19(13-16)25-18-8-2-1-3-9-18/h1-3,6-10,13,17H,4-5,11-12,14-15H2,(H,21,24). The number of likely N-dealkylation sites (tertiary alicyclic amines) is 2. The molecule has 130 valence electrons. The maximum atomic E-state index is 12.4. The molecule has 2 amide bonds. The van der Waals surface area contributed by atoms with E-state index in [4.69, 9.17) is 4.74 Å². The Kier molecular flexibility index (Phi) is 4.57. The predicted molar refractivity (Wildman–Crippen MR) is 98.1 cm³/mol. The van der Waals surface area contributed by atoms with Crippen LogP contribution >= 0.6 is 0 Å². The van der Waals surface area contributed by atoms with Gasteiger partial charge < -0.3 is 15.0 Å². The molecule has 2 heterocycles. The first-order valence-electron chi connectivity index (χ1n) is 8.91. The molecule has 1 N–H and O–H groups in total. The Bertz CT molecular complexity index is 723. The summed E-state index contributed by atoms with van der Waals surface area (Å²) in [4.78, 5) is 16.7. The fourth-order valence-electron chi connectivity index (χ4n) is 3.42. The van der Waals surface area contributed by atoms with Gasteiger partial charge in [0, 0.05) is 30.9 Å². The number of para-hydroxylation sites is 1. The van der Waals surface area contributed by atoms with Gasteiger partial charge in [0.2, 0.25) is 0 Å². The predicted octanol–water partition coefficient (Wildman–Crippen LogP) is 3.79. The molecule has 0 atom stereocenters. The van der Waals surface area contributed by atoms with Crippen molar-refractivity contribution in [3.05, 3.63) is 54.6 Å². The average Bonchev–Trinajstić information content (AvgIpc) is 3.09. The van der Waals surface area contributed by atoms with Crippen molar-refractivity contribution in [3.63, 3.8) is 0 Å². The highest BCUT2D eigenvalue weighted by molar-refractivity contribution is 5.90. The van der Waals surface area contributed by atoms with Crippen molar-refractivity contribution < 1.29 is 9.53 Å². The van der Waals surface area contributed by atoms with E-state index in [-0.39, 0.29) is 6.03 Å². The third-order valence-corrected chi connectivity index (χ3v) is 4.87. The van der Waals surface area contributed by atoms with Crippen molar-refractivity contribution in [1.82, 2.24) is 9.80 Å². The summed E-state index contributed by atoms with van der Waals surface area (Å²) in [7, 11) is 0. The smallest absolute Gasteiger partial charge is 0.321 e. The van der Waals surface area contributed by atoms with E-state index in [0.29, 0.717) is 11.8 Å². The van der Waals surface area contributed by atoms with Gasteiger partial charge in [-0.1, -0.05) is 24.3 Å². The molecule has 2 aromatic rings. The molecule has 0 saturated carbocycles. The second kappa shape index (κ2) is 7.15. The summed E-state index contributed by atoms with van der Waals surface area (Å²) in [6, 6.07) is 17.6. The summed E-state index contributed by atoms with van der Waals surface area (Å²) in [6.45, 7) is 4.01. The zero-order valence-corrected chi connectivity index (χ0v) is 14.2. The van der Waals surface area contributed by atoms with Crippen LogP contribution < -0.4 is 10.1 Å². The van der Waals surface area contributed by atoms with Gasteiger partial charge in [-0.2, -0.15) is 0 Å². The molecule has 4 rings (SSSR count). The van der Waals surface area contributed by atoms with E-state index in [0.717, 1.165) is 24.5 Å². The molecule has 25 heavy (non-hydrogen) atoms. The van der Waals surface area contributed by atoms with E-state index in [1.54, 1.807) is 0 Å². The summed E-state index contributed by atoms with van der Waals surface area (Å²) in [5.74, 6) is 1.49. The van der Waals surface area contributed by atoms with Gasteiger partial charge in [0.15, 0.2) is 0 Å². The fraction of sp³-hybridized carbons (Fsp3) is 0.350. The molecule has 5 heteroatoms. The number of amides is 2. The Balaban J connectivity index is 1.32. The van der Waals surface area contributed by atoms with Crippen LogP contribution in [0.15, 0.2) is 54.6 Å². The molecule has 2 fully saturated rings. The van der Waals surface area contributed by atoms with Gasteiger partial charge in [0.25, 0.3) is 0 Å². The van der Waals surface area contributed by atoms with Crippen LogP contribution in [0.4, 0.5) is 10.5 Å². The highest BCUT2D eigenvalue weighted by Gasteiger charge is 2.35. The van der Waals surface area contributed by atoms with E-state index >= 15 is 0 Å². The van der Waals surface area contributed by atoms with E-state index in [9.17, 15) is 4.79 Å².